The number of aliphatic carboxylic acids is 1. The molecule has 0 spiro atoms. The molecule has 19 heavy (non-hydrogen) atoms. The number of nitrogens with one attached hydrogen (secondary N) is 2. The van der Waals surface area contributed by atoms with Crippen molar-refractivity contribution >= 4 is 17.8 Å². The van der Waals surface area contributed by atoms with Crippen LogP contribution in [0.5, 0.6) is 0 Å². The van der Waals surface area contributed by atoms with Gasteiger partial charge in [-0.1, -0.05) is 13.8 Å². The summed E-state index contributed by atoms with van der Waals surface area (Å²) >= 11 is 0. The minimum atomic E-state index is -1.11. The highest BCUT2D eigenvalue weighted by Gasteiger charge is 2.23. The van der Waals surface area contributed by atoms with Crippen LogP contribution in [0.4, 0.5) is 0 Å². The summed E-state index contributed by atoms with van der Waals surface area (Å²) in [7, 11) is 0. The van der Waals surface area contributed by atoms with E-state index in [0.29, 0.717) is 0 Å². The molecule has 0 bridgehead atoms. The average molecular weight is 268 g/mol. The van der Waals surface area contributed by atoms with Crippen molar-refractivity contribution in [3.63, 3.8) is 0 Å². The van der Waals surface area contributed by atoms with Crippen molar-refractivity contribution in [2.45, 2.75) is 19.9 Å². The van der Waals surface area contributed by atoms with E-state index in [-0.39, 0.29) is 18.2 Å². The second kappa shape index (κ2) is 6.58. The lowest BCUT2D eigenvalue weighted by atomic mass is 10.1. The Labute approximate surface area is 110 Å². The van der Waals surface area contributed by atoms with Gasteiger partial charge in [-0.15, -0.1) is 0 Å². The number of carbonyl (C=O) groups excluding carboxylic acids is 2. The first-order valence-electron chi connectivity index (χ1n) is 5.75. The van der Waals surface area contributed by atoms with Crippen LogP contribution in [-0.4, -0.2) is 35.5 Å². The van der Waals surface area contributed by atoms with Crippen molar-refractivity contribution in [2.24, 2.45) is 5.92 Å². The topological polar surface area (TPSA) is 109 Å². The van der Waals surface area contributed by atoms with Gasteiger partial charge in [-0.05, 0) is 18.1 Å². The van der Waals surface area contributed by atoms with Gasteiger partial charge in [0.05, 0.1) is 12.8 Å². The molecule has 1 rings (SSSR count). The molecule has 1 atom stereocenters. The van der Waals surface area contributed by atoms with Gasteiger partial charge in [0.25, 0.3) is 5.91 Å². The Bertz CT molecular complexity index is 453. The van der Waals surface area contributed by atoms with Gasteiger partial charge in [0.1, 0.15) is 6.04 Å². The first kappa shape index (κ1) is 14.7. The van der Waals surface area contributed by atoms with E-state index in [0.717, 1.165) is 0 Å². The fourth-order valence-corrected chi connectivity index (χ4v) is 1.39. The average Bonchev–Trinajstić information content (AvgIpc) is 2.85. The molecular weight excluding hydrogens is 252 g/mol. The lowest BCUT2D eigenvalue weighted by molar-refractivity contribution is -0.142. The number of carboxylic acid groups (broad SMARTS) is 1. The molecule has 1 unspecified atom stereocenters. The lowest BCUT2D eigenvalue weighted by Gasteiger charge is -2.17. The largest absolute Gasteiger partial charge is 0.480 e. The zero-order chi connectivity index (χ0) is 14.4. The number of amides is 2. The maximum absolute atomic E-state index is 11.5. The lowest BCUT2D eigenvalue weighted by Crippen LogP contribution is -2.48. The van der Waals surface area contributed by atoms with Crippen LogP contribution in [0.15, 0.2) is 22.8 Å². The Morgan fingerprint density at radius 1 is 1.37 bits per heavy atom. The molecule has 0 aliphatic rings. The fraction of sp³-hybridized carbons (Fsp3) is 0.417. The highest BCUT2D eigenvalue weighted by Crippen LogP contribution is 2.01. The predicted molar refractivity (Wildman–Crippen MR) is 65.4 cm³/mol. The normalized spacial score (nSPS) is 11.9. The maximum atomic E-state index is 11.5. The number of carboxylic acids is 1. The summed E-state index contributed by atoms with van der Waals surface area (Å²) in [5.41, 5.74) is 0. The monoisotopic (exact) mass is 268 g/mol. The Morgan fingerprint density at radius 3 is 2.53 bits per heavy atom. The zero-order valence-corrected chi connectivity index (χ0v) is 10.7. The van der Waals surface area contributed by atoms with Gasteiger partial charge in [-0.25, -0.2) is 4.79 Å². The van der Waals surface area contributed by atoms with Gasteiger partial charge < -0.3 is 20.2 Å². The molecule has 0 aliphatic heterocycles. The van der Waals surface area contributed by atoms with Crippen molar-refractivity contribution < 1.29 is 23.9 Å². The first-order valence-corrected chi connectivity index (χ1v) is 5.75. The van der Waals surface area contributed by atoms with Crippen molar-refractivity contribution in [1.29, 1.82) is 0 Å². The number of hydrogen-bond donors (Lipinski definition) is 3. The molecule has 0 aromatic carbocycles. The highest BCUT2D eigenvalue weighted by atomic mass is 16.4. The molecule has 0 saturated heterocycles. The Kier molecular flexibility index (Phi) is 5.11. The third-order valence-corrected chi connectivity index (χ3v) is 2.40. The van der Waals surface area contributed by atoms with Crippen molar-refractivity contribution in [2.75, 3.05) is 6.54 Å². The van der Waals surface area contributed by atoms with Crippen LogP contribution in [0.1, 0.15) is 24.4 Å². The molecule has 0 fully saturated rings. The molecule has 7 nitrogen and oxygen atoms in total. The highest BCUT2D eigenvalue weighted by molar-refractivity contribution is 5.94. The van der Waals surface area contributed by atoms with Gasteiger partial charge in [-0.3, -0.25) is 9.59 Å². The maximum Gasteiger partial charge on any atom is 0.326 e. The SMILES string of the molecule is CC(C)C(NC(=O)CNC(=O)c1ccco1)C(=O)O. The Hall–Kier alpha value is -2.31. The van der Waals surface area contributed by atoms with Gasteiger partial charge >= 0.3 is 5.97 Å². The van der Waals surface area contributed by atoms with Crippen LogP contribution in [0.25, 0.3) is 0 Å². The van der Waals surface area contributed by atoms with Crippen molar-refractivity contribution in [3.05, 3.63) is 24.2 Å². The summed E-state index contributed by atoms with van der Waals surface area (Å²) in [5.74, 6) is -2.37. The van der Waals surface area contributed by atoms with Crippen molar-refractivity contribution in [1.82, 2.24) is 10.6 Å². The first-order chi connectivity index (χ1) is 8.91. The van der Waals surface area contributed by atoms with Crippen LogP contribution >= 0.6 is 0 Å². The fourth-order valence-electron chi connectivity index (χ4n) is 1.39. The van der Waals surface area contributed by atoms with E-state index in [2.05, 4.69) is 10.6 Å². The quantitative estimate of drug-likeness (QED) is 0.684. The summed E-state index contributed by atoms with van der Waals surface area (Å²) in [6, 6.07) is 2.03. The van der Waals surface area contributed by atoms with Crippen LogP contribution in [-0.2, 0) is 9.59 Å². The molecule has 2 amide bonds. The Balaban J connectivity index is 2.43. The molecule has 1 heterocycles. The molecule has 1 aromatic rings. The van der Waals surface area contributed by atoms with Crippen LogP contribution < -0.4 is 10.6 Å². The standard InChI is InChI=1S/C12H16N2O5/c1-7(2)10(12(17)18)14-9(15)6-13-11(16)8-4-3-5-19-8/h3-5,7,10H,6H2,1-2H3,(H,13,16)(H,14,15)(H,17,18). The van der Waals surface area contributed by atoms with E-state index in [1.54, 1.807) is 19.9 Å². The molecule has 1 aromatic heterocycles. The van der Waals surface area contributed by atoms with E-state index in [9.17, 15) is 14.4 Å². The molecule has 0 aliphatic carbocycles. The summed E-state index contributed by atoms with van der Waals surface area (Å²) < 4.78 is 4.85. The van der Waals surface area contributed by atoms with Gasteiger partial charge in [0, 0.05) is 0 Å². The summed E-state index contributed by atoms with van der Waals surface area (Å²) in [5, 5.41) is 13.6. The van der Waals surface area contributed by atoms with E-state index >= 15 is 0 Å². The van der Waals surface area contributed by atoms with Crippen molar-refractivity contribution in [3.8, 4) is 0 Å². The number of furan rings is 1. The van der Waals surface area contributed by atoms with Crippen LogP contribution in [0.2, 0.25) is 0 Å². The summed E-state index contributed by atoms with van der Waals surface area (Å²) in [6.07, 6.45) is 1.34. The number of hydrogen-bond acceptors (Lipinski definition) is 4. The van der Waals surface area contributed by atoms with Gasteiger partial charge in [0.2, 0.25) is 5.91 Å². The second-order valence-corrected chi connectivity index (χ2v) is 4.29. The third-order valence-electron chi connectivity index (χ3n) is 2.40. The number of rotatable bonds is 6. The molecule has 104 valence electrons. The minimum absolute atomic E-state index is 0.0893. The second-order valence-electron chi connectivity index (χ2n) is 4.29. The molecule has 7 heteroatoms. The Morgan fingerprint density at radius 2 is 2.05 bits per heavy atom. The van der Waals surface area contributed by atoms with Crippen LogP contribution in [0.3, 0.4) is 0 Å². The molecular formula is C12H16N2O5. The van der Waals surface area contributed by atoms with E-state index in [1.165, 1.54) is 12.3 Å². The van der Waals surface area contributed by atoms with Gasteiger partial charge in [0.15, 0.2) is 5.76 Å². The minimum Gasteiger partial charge on any atom is -0.480 e. The van der Waals surface area contributed by atoms with E-state index in [4.69, 9.17) is 9.52 Å². The van der Waals surface area contributed by atoms with Crippen LogP contribution in [0, 0.1) is 5.92 Å². The molecule has 0 radical (unpaired) electrons. The van der Waals surface area contributed by atoms with E-state index < -0.39 is 23.8 Å². The van der Waals surface area contributed by atoms with Gasteiger partial charge in [-0.2, -0.15) is 0 Å². The third kappa shape index (κ3) is 4.46. The zero-order valence-electron chi connectivity index (χ0n) is 10.7. The summed E-state index contributed by atoms with van der Waals surface area (Å²) in [4.78, 5) is 33.9. The molecule has 3 N–H and O–H groups in total. The van der Waals surface area contributed by atoms with E-state index in [1.807, 2.05) is 0 Å². The number of carbonyl (C=O) groups is 3. The predicted octanol–water partition coefficient (Wildman–Crippen LogP) is 0.235. The smallest absolute Gasteiger partial charge is 0.326 e. The molecule has 0 saturated carbocycles. The summed E-state index contributed by atoms with van der Waals surface area (Å²) in [6.45, 7) is 3.05.